The van der Waals surface area contributed by atoms with Crippen LogP contribution < -0.4 is 10.0 Å². The summed E-state index contributed by atoms with van der Waals surface area (Å²) in [6, 6.07) is 9.92. The highest BCUT2D eigenvalue weighted by Crippen LogP contribution is 2.34. The standard InChI is InChI=1S/C24H28F2N4O2S2.C2HF3O2/c1-24(2,3)18-12-30(13-18)11-17-7-5-4-6-16(17)10-27-19-8-20(25)23(21(26)9-19)34(31,32)29-22-14-33-15-28-22;3-2(4,5)1(6)7/h4-9,14-15,18,27,29H,10-13H2,1-3H3;(H,6,7). The molecule has 224 valence electrons. The van der Waals surface area contributed by atoms with Crippen LogP contribution >= 0.6 is 11.3 Å². The topological polar surface area (TPSA) is 112 Å². The number of carboxylic acid groups (broad SMARTS) is 1. The Bertz CT molecular complexity index is 1430. The van der Waals surface area contributed by atoms with Gasteiger partial charge in [-0.3, -0.25) is 9.62 Å². The van der Waals surface area contributed by atoms with Crippen LogP contribution in [0.3, 0.4) is 0 Å². The number of aromatic nitrogens is 1. The van der Waals surface area contributed by atoms with Crippen LogP contribution in [0.1, 0.15) is 31.9 Å². The lowest BCUT2D eigenvalue weighted by Crippen LogP contribution is -2.51. The number of sulfonamides is 1. The summed E-state index contributed by atoms with van der Waals surface area (Å²) in [6.45, 7) is 10.0. The molecule has 0 amide bonds. The average molecular weight is 621 g/mol. The molecule has 41 heavy (non-hydrogen) atoms. The van der Waals surface area contributed by atoms with Gasteiger partial charge in [-0.15, -0.1) is 11.3 Å². The minimum absolute atomic E-state index is 0.0126. The quantitative estimate of drug-likeness (QED) is 0.267. The summed E-state index contributed by atoms with van der Waals surface area (Å²) >= 11 is 1.16. The molecule has 0 unspecified atom stereocenters. The normalized spacial score (nSPS) is 14.5. The first-order chi connectivity index (χ1) is 19.0. The van der Waals surface area contributed by atoms with Crippen LogP contribution in [0.25, 0.3) is 0 Å². The number of nitrogens with zero attached hydrogens (tertiary/aromatic N) is 2. The van der Waals surface area contributed by atoms with Gasteiger partial charge in [-0.2, -0.15) is 13.2 Å². The van der Waals surface area contributed by atoms with Gasteiger partial charge in [0.1, 0.15) is 11.6 Å². The van der Waals surface area contributed by atoms with Crippen molar-refractivity contribution in [3.63, 3.8) is 0 Å². The maximum Gasteiger partial charge on any atom is 0.490 e. The van der Waals surface area contributed by atoms with Crippen LogP contribution in [-0.2, 0) is 27.9 Å². The molecule has 3 aromatic rings. The van der Waals surface area contributed by atoms with E-state index < -0.39 is 38.7 Å². The Morgan fingerprint density at radius 1 is 1.10 bits per heavy atom. The van der Waals surface area contributed by atoms with Crippen LogP contribution in [-0.4, -0.2) is 48.6 Å². The summed E-state index contributed by atoms with van der Waals surface area (Å²) < 4.78 is 88.1. The molecule has 2 aromatic carbocycles. The average Bonchev–Trinajstić information content (AvgIpc) is 3.31. The Balaban J connectivity index is 0.000000587. The smallest absolute Gasteiger partial charge is 0.475 e. The molecular weight excluding hydrogens is 591 g/mol. The second-order valence-electron chi connectivity index (χ2n) is 10.4. The Kier molecular flexibility index (Phi) is 9.98. The fraction of sp³-hybridized carbons (Fsp3) is 0.385. The molecule has 3 N–H and O–H groups in total. The number of benzene rings is 2. The second-order valence-corrected chi connectivity index (χ2v) is 12.8. The number of thiazole rings is 1. The molecule has 1 aliphatic heterocycles. The van der Waals surface area contributed by atoms with Crippen molar-refractivity contribution in [2.24, 2.45) is 11.3 Å². The first-order valence-electron chi connectivity index (χ1n) is 12.2. The third-order valence-corrected chi connectivity index (χ3v) is 8.35. The Hall–Kier alpha value is -3.30. The highest BCUT2D eigenvalue weighted by Gasteiger charge is 2.38. The zero-order valence-corrected chi connectivity index (χ0v) is 23.9. The van der Waals surface area contributed by atoms with Crippen molar-refractivity contribution in [2.45, 2.75) is 44.9 Å². The Morgan fingerprint density at radius 3 is 2.15 bits per heavy atom. The molecule has 0 aliphatic carbocycles. The number of rotatable bonds is 8. The van der Waals surface area contributed by atoms with E-state index in [4.69, 9.17) is 9.90 Å². The predicted molar refractivity (Wildman–Crippen MR) is 145 cm³/mol. The molecule has 0 atom stereocenters. The number of carbonyl (C=O) groups is 1. The highest BCUT2D eigenvalue weighted by molar-refractivity contribution is 7.92. The van der Waals surface area contributed by atoms with Gasteiger partial charge in [-0.25, -0.2) is 27.0 Å². The number of aliphatic carboxylic acids is 1. The van der Waals surface area contributed by atoms with E-state index in [1.165, 1.54) is 10.9 Å². The summed E-state index contributed by atoms with van der Waals surface area (Å²) in [7, 11) is -4.45. The first kappa shape index (κ1) is 32.2. The minimum Gasteiger partial charge on any atom is -0.475 e. The Labute approximate surface area is 238 Å². The third kappa shape index (κ3) is 8.84. The van der Waals surface area contributed by atoms with E-state index in [0.717, 1.165) is 54.2 Å². The van der Waals surface area contributed by atoms with Gasteiger partial charge in [-0.1, -0.05) is 45.0 Å². The fourth-order valence-electron chi connectivity index (χ4n) is 3.94. The summed E-state index contributed by atoms with van der Waals surface area (Å²) in [5.41, 5.74) is 4.04. The SMILES string of the molecule is CC(C)(C)C1CN(Cc2ccccc2CNc2cc(F)c(S(=O)(=O)Nc3cscn3)c(F)c2)C1.O=C(O)C(F)(F)F. The number of hydrogen-bond donors (Lipinski definition) is 3. The van der Waals surface area contributed by atoms with Crippen molar-refractivity contribution in [3.8, 4) is 0 Å². The molecular formula is C26H29F5N4O4S2. The van der Waals surface area contributed by atoms with Crippen LogP contribution in [0.2, 0.25) is 0 Å². The zero-order valence-electron chi connectivity index (χ0n) is 22.3. The van der Waals surface area contributed by atoms with Crippen LogP contribution in [0, 0.1) is 23.0 Å². The predicted octanol–water partition coefficient (Wildman–Crippen LogP) is 5.95. The first-order valence-corrected chi connectivity index (χ1v) is 14.6. The van der Waals surface area contributed by atoms with Crippen molar-refractivity contribution >= 4 is 38.8 Å². The molecule has 0 bridgehead atoms. The lowest BCUT2D eigenvalue weighted by Gasteiger charge is -2.46. The number of hydrogen-bond acceptors (Lipinski definition) is 7. The lowest BCUT2D eigenvalue weighted by atomic mass is 9.76. The van der Waals surface area contributed by atoms with Crippen molar-refractivity contribution in [2.75, 3.05) is 23.1 Å². The number of alkyl halides is 3. The van der Waals surface area contributed by atoms with E-state index in [-0.39, 0.29) is 11.5 Å². The molecule has 1 aromatic heterocycles. The third-order valence-electron chi connectivity index (χ3n) is 6.36. The largest absolute Gasteiger partial charge is 0.490 e. The minimum atomic E-state index is -5.08. The van der Waals surface area contributed by atoms with Crippen molar-refractivity contribution < 1.29 is 40.3 Å². The number of anilines is 2. The molecule has 4 rings (SSSR count). The number of carboxylic acids is 1. The monoisotopic (exact) mass is 620 g/mol. The van der Waals surface area contributed by atoms with Gasteiger partial charge in [0.15, 0.2) is 10.7 Å². The van der Waals surface area contributed by atoms with Gasteiger partial charge in [0.25, 0.3) is 10.0 Å². The maximum absolute atomic E-state index is 14.7. The number of nitrogens with one attached hydrogen (secondary N) is 2. The Morgan fingerprint density at radius 2 is 1.66 bits per heavy atom. The molecule has 0 radical (unpaired) electrons. The van der Waals surface area contributed by atoms with E-state index in [1.807, 2.05) is 18.2 Å². The fourth-order valence-corrected chi connectivity index (χ4v) is 5.62. The molecule has 2 heterocycles. The molecule has 0 spiro atoms. The molecule has 8 nitrogen and oxygen atoms in total. The number of likely N-dealkylation sites (tertiary alicyclic amines) is 1. The van der Waals surface area contributed by atoms with Gasteiger partial charge in [0.05, 0.1) is 5.51 Å². The summed E-state index contributed by atoms with van der Waals surface area (Å²) in [5.74, 6) is -4.42. The van der Waals surface area contributed by atoms with E-state index in [2.05, 4.69) is 46.8 Å². The molecule has 1 saturated heterocycles. The highest BCUT2D eigenvalue weighted by atomic mass is 32.2. The van der Waals surface area contributed by atoms with Gasteiger partial charge in [0.2, 0.25) is 0 Å². The second kappa shape index (κ2) is 12.7. The van der Waals surface area contributed by atoms with Crippen LogP contribution in [0.5, 0.6) is 0 Å². The molecule has 1 fully saturated rings. The van der Waals surface area contributed by atoms with E-state index in [1.54, 1.807) is 0 Å². The molecule has 0 saturated carbocycles. The van der Waals surface area contributed by atoms with Gasteiger partial charge >= 0.3 is 12.1 Å². The number of halogens is 5. The van der Waals surface area contributed by atoms with Gasteiger partial charge < -0.3 is 10.4 Å². The zero-order chi connectivity index (χ0) is 30.6. The summed E-state index contributed by atoms with van der Waals surface area (Å²) in [5, 5.41) is 11.6. The summed E-state index contributed by atoms with van der Waals surface area (Å²) in [6.07, 6.45) is -5.08. The van der Waals surface area contributed by atoms with Crippen molar-refractivity contribution in [1.82, 2.24) is 9.88 Å². The van der Waals surface area contributed by atoms with E-state index in [9.17, 15) is 30.4 Å². The van der Waals surface area contributed by atoms with Crippen molar-refractivity contribution in [3.05, 3.63) is 70.1 Å². The molecule has 1 aliphatic rings. The van der Waals surface area contributed by atoms with E-state index >= 15 is 0 Å². The van der Waals surface area contributed by atoms with Crippen LogP contribution in [0.15, 0.2) is 52.2 Å². The lowest BCUT2D eigenvalue weighted by molar-refractivity contribution is -0.192. The van der Waals surface area contributed by atoms with Crippen molar-refractivity contribution in [1.29, 1.82) is 0 Å². The van der Waals surface area contributed by atoms with E-state index in [0.29, 0.717) is 17.9 Å². The maximum atomic E-state index is 14.7. The van der Waals surface area contributed by atoms with Gasteiger partial charge in [0, 0.05) is 37.2 Å². The molecule has 15 heteroatoms. The van der Waals surface area contributed by atoms with Crippen LogP contribution in [0.4, 0.5) is 33.5 Å². The van der Waals surface area contributed by atoms with Gasteiger partial charge in [-0.05, 0) is 34.6 Å². The summed E-state index contributed by atoms with van der Waals surface area (Å²) in [4.78, 5) is 14.0.